The summed E-state index contributed by atoms with van der Waals surface area (Å²) >= 11 is 0. The van der Waals surface area contributed by atoms with Crippen LogP contribution in [0.2, 0.25) is 0 Å². The number of nitrogens with one attached hydrogen (secondary N) is 1. The summed E-state index contributed by atoms with van der Waals surface area (Å²) in [6.07, 6.45) is 10.5. The summed E-state index contributed by atoms with van der Waals surface area (Å²) in [5.41, 5.74) is 0.901. The number of carbonyl (C=O) groups excluding carboxylic acids is 1. The molecule has 27 heavy (non-hydrogen) atoms. The molecule has 3 heterocycles. The fourth-order valence-electron chi connectivity index (χ4n) is 3.98. The maximum atomic E-state index is 13.3. The van der Waals surface area contributed by atoms with Crippen molar-refractivity contribution < 1.29 is 4.79 Å². The summed E-state index contributed by atoms with van der Waals surface area (Å²) in [6, 6.07) is -0.170. The summed E-state index contributed by atoms with van der Waals surface area (Å²) in [4.78, 5) is 26.8. The molecule has 0 radical (unpaired) electrons. The molecule has 0 spiro atoms. The van der Waals surface area contributed by atoms with Crippen molar-refractivity contribution in [2.75, 3.05) is 34.8 Å². The standard InChI is InChI=1S/C21H35N5O/c1-4-5-10-17-21(27)26(14-11-16(2)3)18-19(24-17)22-15-23-20(18)25-12-8-6-7-9-13-25/h15-17H,4-14H2,1-3H3,(H,22,23,24)/t17-/m0/s1. The first-order valence-corrected chi connectivity index (χ1v) is 10.8. The number of nitrogens with zero attached hydrogens (tertiary/aromatic N) is 4. The molecule has 1 N–H and O–H groups in total. The fraction of sp³-hybridized carbons (Fsp3) is 0.762. The lowest BCUT2D eigenvalue weighted by Crippen LogP contribution is -2.49. The van der Waals surface area contributed by atoms with Gasteiger partial charge in [-0.25, -0.2) is 9.97 Å². The Balaban J connectivity index is 1.94. The van der Waals surface area contributed by atoms with Gasteiger partial charge < -0.3 is 15.1 Å². The summed E-state index contributed by atoms with van der Waals surface area (Å²) in [5, 5.41) is 3.43. The van der Waals surface area contributed by atoms with Crippen LogP contribution in [0.4, 0.5) is 17.3 Å². The van der Waals surface area contributed by atoms with Gasteiger partial charge in [0.15, 0.2) is 11.6 Å². The van der Waals surface area contributed by atoms with Gasteiger partial charge in [0.2, 0.25) is 5.91 Å². The first kappa shape index (κ1) is 19.9. The molecule has 6 nitrogen and oxygen atoms in total. The molecule has 0 aromatic carbocycles. The van der Waals surface area contributed by atoms with Crippen LogP contribution >= 0.6 is 0 Å². The van der Waals surface area contributed by atoms with E-state index in [0.717, 1.165) is 62.6 Å². The second-order valence-electron chi connectivity index (χ2n) is 8.31. The molecule has 6 heteroatoms. The van der Waals surface area contributed by atoms with E-state index in [1.807, 2.05) is 4.90 Å². The molecule has 1 saturated heterocycles. The molecule has 0 bridgehead atoms. The minimum Gasteiger partial charge on any atom is -0.356 e. The van der Waals surface area contributed by atoms with Crippen LogP contribution in [0.5, 0.6) is 0 Å². The van der Waals surface area contributed by atoms with Gasteiger partial charge in [-0.15, -0.1) is 0 Å². The van der Waals surface area contributed by atoms with Gasteiger partial charge in [0.25, 0.3) is 0 Å². The molecule has 1 amide bonds. The first-order valence-electron chi connectivity index (χ1n) is 10.8. The normalized spacial score (nSPS) is 20.4. The first-order chi connectivity index (χ1) is 13.1. The predicted octanol–water partition coefficient (Wildman–Crippen LogP) is 4.22. The topological polar surface area (TPSA) is 61.4 Å². The van der Waals surface area contributed by atoms with Crippen LogP contribution in [-0.2, 0) is 4.79 Å². The largest absolute Gasteiger partial charge is 0.356 e. The van der Waals surface area contributed by atoms with Gasteiger partial charge in [-0.3, -0.25) is 4.79 Å². The van der Waals surface area contributed by atoms with Crippen molar-refractivity contribution in [1.29, 1.82) is 0 Å². The molecule has 1 aromatic rings. The monoisotopic (exact) mass is 373 g/mol. The zero-order chi connectivity index (χ0) is 19.2. The van der Waals surface area contributed by atoms with E-state index in [9.17, 15) is 4.79 Å². The van der Waals surface area contributed by atoms with Crippen molar-refractivity contribution in [3.8, 4) is 0 Å². The highest BCUT2D eigenvalue weighted by Crippen LogP contribution is 2.39. The second-order valence-corrected chi connectivity index (χ2v) is 8.31. The van der Waals surface area contributed by atoms with Gasteiger partial charge in [0.1, 0.15) is 18.1 Å². The highest BCUT2D eigenvalue weighted by molar-refractivity contribution is 6.06. The van der Waals surface area contributed by atoms with Gasteiger partial charge in [-0.2, -0.15) is 0 Å². The molecule has 0 aliphatic carbocycles. The lowest BCUT2D eigenvalue weighted by molar-refractivity contribution is -0.119. The van der Waals surface area contributed by atoms with Gasteiger partial charge in [0, 0.05) is 19.6 Å². The zero-order valence-electron chi connectivity index (χ0n) is 17.2. The number of aromatic nitrogens is 2. The van der Waals surface area contributed by atoms with Crippen LogP contribution < -0.4 is 15.1 Å². The third kappa shape index (κ3) is 4.71. The van der Waals surface area contributed by atoms with Crippen molar-refractivity contribution in [3.63, 3.8) is 0 Å². The van der Waals surface area contributed by atoms with Gasteiger partial charge >= 0.3 is 0 Å². The third-order valence-corrected chi connectivity index (χ3v) is 5.63. The van der Waals surface area contributed by atoms with Gasteiger partial charge in [-0.05, 0) is 31.6 Å². The molecular formula is C21H35N5O. The number of unbranched alkanes of at least 4 members (excludes halogenated alkanes) is 1. The molecule has 2 aliphatic rings. The Labute approximate surface area is 163 Å². The van der Waals surface area contributed by atoms with Crippen LogP contribution in [0.25, 0.3) is 0 Å². The smallest absolute Gasteiger partial charge is 0.249 e. The van der Waals surface area contributed by atoms with Crippen molar-refractivity contribution in [3.05, 3.63) is 6.33 Å². The second kappa shape index (κ2) is 9.38. The van der Waals surface area contributed by atoms with E-state index in [2.05, 4.69) is 41.0 Å². The molecule has 1 fully saturated rings. The van der Waals surface area contributed by atoms with E-state index in [4.69, 9.17) is 0 Å². The van der Waals surface area contributed by atoms with Crippen LogP contribution in [0.1, 0.15) is 72.1 Å². The Bertz CT molecular complexity index is 625. The molecule has 1 aromatic heterocycles. The number of hydrogen-bond acceptors (Lipinski definition) is 5. The Morgan fingerprint density at radius 3 is 2.59 bits per heavy atom. The third-order valence-electron chi connectivity index (χ3n) is 5.63. The maximum absolute atomic E-state index is 13.3. The average Bonchev–Trinajstić information content (AvgIpc) is 2.94. The number of hydrogen-bond donors (Lipinski definition) is 1. The Morgan fingerprint density at radius 1 is 1.19 bits per heavy atom. The van der Waals surface area contributed by atoms with Crippen LogP contribution in [0, 0.1) is 5.92 Å². The van der Waals surface area contributed by atoms with E-state index in [-0.39, 0.29) is 11.9 Å². The minimum atomic E-state index is -0.170. The molecule has 1 atom stereocenters. The SMILES string of the molecule is CCCC[C@@H]1Nc2ncnc(N3CCCCCC3)c2N(CCC(C)C)C1=O. The maximum Gasteiger partial charge on any atom is 0.249 e. The molecule has 0 saturated carbocycles. The lowest BCUT2D eigenvalue weighted by atomic mass is 10.0. The number of carbonyl (C=O) groups is 1. The molecule has 3 rings (SSSR count). The molecule has 0 unspecified atom stereocenters. The zero-order valence-corrected chi connectivity index (χ0v) is 17.2. The summed E-state index contributed by atoms with van der Waals surface area (Å²) in [5.74, 6) is 2.49. The number of anilines is 3. The van der Waals surface area contributed by atoms with Crippen molar-refractivity contribution in [2.45, 2.75) is 78.2 Å². The fourth-order valence-corrected chi connectivity index (χ4v) is 3.98. The van der Waals surface area contributed by atoms with E-state index in [1.165, 1.54) is 25.7 Å². The van der Waals surface area contributed by atoms with Crippen LogP contribution in [0.3, 0.4) is 0 Å². The Kier molecular flexibility index (Phi) is 6.91. The molecule has 150 valence electrons. The highest BCUT2D eigenvalue weighted by Gasteiger charge is 2.36. The summed E-state index contributed by atoms with van der Waals surface area (Å²) in [6.45, 7) is 9.34. The quantitative estimate of drug-likeness (QED) is 0.775. The van der Waals surface area contributed by atoms with Crippen molar-refractivity contribution in [1.82, 2.24) is 9.97 Å². The minimum absolute atomic E-state index is 0.170. The van der Waals surface area contributed by atoms with Gasteiger partial charge in [0.05, 0.1) is 0 Å². The Hall–Kier alpha value is -1.85. The van der Waals surface area contributed by atoms with E-state index in [1.54, 1.807) is 6.33 Å². The highest BCUT2D eigenvalue weighted by atomic mass is 16.2. The van der Waals surface area contributed by atoms with Crippen LogP contribution in [0.15, 0.2) is 6.33 Å². The van der Waals surface area contributed by atoms with Crippen LogP contribution in [-0.4, -0.2) is 41.6 Å². The number of rotatable bonds is 7. The lowest BCUT2D eigenvalue weighted by Gasteiger charge is -2.37. The average molecular weight is 374 g/mol. The van der Waals surface area contributed by atoms with E-state index >= 15 is 0 Å². The predicted molar refractivity (Wildman–Crippen MR) is 111 cm³/mol. The van der Waals surface area contributed by atoms with Crippen molar-refractivity contribution in [2.24, 2.45) is 5.92 Å². The van der Waals surface area contributed by atoms with Gasteiger partial charge in [-0.1, -0.05) is 46.5 Å². The molecular weight excluding hydrogens is 338 g/mol. The Morgan fingerprint density at radius 2 is 1.93 bits per heavy atom. The van der Waals surface area contributed by atoms with Crippen molar-refractivity contribution >= 4 is 23.2 Å². The summed E-state index contributed by atoms with van der Waals surface area (Å²) in [7, 11) is 0. The van der Waals surface area contributed by atoms with E-state index in [0.29, 0.717) is 5.92 Å². The summed E-state index contributed by atoms with van der Waals surface area (Å²) < 4.78 is 0. The van der Waals surface area contributed by atoms with E-state index < -0.39 is 0 Å². The number of amides is 1. The molecule has 2 aliphatic heterocycles. The number of fused-ring (bicyclic) bond motifs is 1.